The standard InChI is InChI=1S/C17H24ClNO3/c1-17(2,13-5-7-14(18)8-6-13)16(21)19-9-15(20)11-22-10-12-3-4-12/h5-8,12,15,20H,3-4,9-11H2,1-2H3,(H,19,21). The van der Waals surface area contributed by atoms with Gasteiger partial charge in [0.05, 0.1) is 18.1 Å². The molecule has 2 rings (SSSR count). The molecule has 1 unspecified atom stereocenters. The molecule has 0 bridgehead atoms. The summed E-state index contributed by atoms with van der Waals surface area (Å²) in [6.45, 7) is 4.86. The first-order valence-electron chi connectivity index (χ1n) is 7.69. The van der Waals surface area contributed by atoms with Crippen molar-refractivity contribution in [3.05, 3.63) is 34.9 Å². The number of halogens is 1. The minimum Gasteiger partial charge on any atom is -0.389 e. The lowest BCUT2D eigenvalue weighted by molar-refractivity contribution is -0.126. The first kappa shape index (κ1) is 17.3. The average Bonchev–Trinajstić information content (AvgIpc) is 3.29. The molecule has 0 saturated heterocycles. The van der Waals surface area contributed by atoms with Gasteiger partial charge in [0.25, 0.3) is 0 Å². The Morgan fingerprint density at radius 1 is 1.41 bits per heavy atom. The zero-order valence-electron chi connectivity index (χ0n) is 13.1. The highest BCUT2D eigenvalue weighted by Gasteiger charge is 2.30. The first-order chi connectivity index (χ1) is 10.4. The van der Waals surface area contributed by atoms with E-state index in [0.29, 0.717) is 17.5 Å². The third-order valence-electron chi connectivity index (χ3n) is 3.99. The Morgan fingerprint density at radius 2 is 2.05 bits per heavy atom. The zero-order chi connectivity index (χ0) is 16.2. The van der Waals surface area contributed by atoms with Crippen LogP contribution in [0.25, 0.3) is 0 Å². The van der Waals surface area contributed by atoms with Gasteiger partial charge in [-0.05, 0) is 50.3 Å². The Kier molecular flexibility index (Phi) is 5.84. The van der Waals surface area contributed by atoms with Gasteiger partial charge in [-0.15, -0.1) is 0 Å². The number of ether oxygens (including phenoxy) is 1. The smallest absolute Gasteiger partial charge is 0.230 e. The van der Waals surface area contributed by atoms with Crippen LogP contribution in [0.3, 0.4) is 0 Å². The molecule has 1 saturated carbocycles. The van der Waals surface area contributed by atoms with E-state index in [1.807, 2.05) is 26.0 Å². The molecule has 0 aliphatic heterocycles. The molecular formula is C17H24ClNO3. The third kappa shape index (κ3) is 4.97. The summed E-state index contributed by atoms with van der Waals surface area (Å²) in [5.41, 5.74) is 0.202. The van der Waals surface area contributed by atoms with Crippen LogP contribution in [-0.4, -0.2) is 36.9 Å². The number of aliphatic hydroxyl groups is 1. The molecule has 0 radical (unpaired) electrons. The van der Waals surface area contributed by atoms with Crippen LogP contribution in [0.15, 0.2) is 24.3 Å². The van der Waals surface area contributed by atoms with E-state index in [9.17, 15) is 9.90 Å². The number of aliphatic hydroxyl groups excluding tert-OH is 1. The highest BCUT2D eigenvalue weighted by atomic mass is 35.5. The van der Waals surface area contributed by atoms with Gasteiger partial charge in [0.15, 0.2) is 0 Å². The average molecular weight is 326 g/mol. The maximum Gasteiger partial charge on any atom is 0.230 e. The van der Waals surface area contributed by atoms with Crippen LogP contribution in [-0.2, 0) is 14.9 Å². The molecule has 1 amide bonds. The van der Waals surface area contributed by atoms with Gasteiger partial charge in [-0.3, -0.25) is 4.79 Å². The van der Waals surface area contributed by atoms with Gasteiger partial charge in [-0.25, -0.2) is 0 Å². The lowest BCUT2D eigenvalue weighted by Gasteiger charge is -2.25. The highest BCUT2D eigenvalue weighted by molar-refractivity contribution is 6.30. The summed E-state index contributed by atoms with van der Waals surface area (Å²) >= 11 is 5.87. The van der Waals surface area contributed by atoms with Gasteiger partial charge in [0, 0.05) is 18.2 Å². The molecule has 2 N–H and O–H groups in total. The highest BCUT2D eigenvalue weighted by Crippen LogP contribution is 2.28. The number of hydrogen-bond acceptors (Lipinski definition) is 3. The fourth-order valence-corrected chi connectivity index (χ4v) is 2.27. The first-order valence-corrected chi connectivity index (χ1v) is 8.07. The van der Waals surface area contributed by atoms with Crippen molar-refractivity contribution in [3.8, 4) is 0 Å². The van der Waals surface area contributed by atoms with E-state index in [0.717, 1.165) is 5.56 Å². The molecule has 5 heteroatoms. The molecule has 4 nitrogen and oxygen atoms in total. The Hall–Kier alpha value is -1.10. The Bertz CT molecular complexity index is 497. The van der Waals surface area contributed by atoms with Crippen molar-refractivity contribution >= 4 is 17.5 Å². The van der Waals surface area contributed by atoms with E-state index in [4.69, 9.17) is 16.3 Å². The monoisotopic (exact) mass is 325 g/mol. The van der Waals surface area contributed by atoms with Crippen molar-refractivity contribution < 1.29 is 14.6 Å². The quantitative estimate of drug-likeness (QED) is 0.772. The Balaban J connectivity index is 1.77. The molecule has 1 aliphatic carbocycles. The summed E-state index contributed by atoms with van der Waals surface area (Å²) in [4.78, 5) is 12.4. The van der Waals surface area contributed by atoms with E-state index in [1.54, 1.807) is 12.1 Å². The van der Waals surface area contributed by atoms with Crippen LogP contribution in [0.5, 0.6) is 0 Å². The number of amides is 1. The molecule has 1 aliphatic rings. The van der Waals surface area contributed by atoms with Gasteiger partial charge in [-0.2, -0.15) is 0 Å². The second-order valence-corrected chi connectivity index (χ2v) is 6.91. The van der Waals surface area contributed by atoms with Crippen LogP contribution in [0.4, 0.5) is 0 Å². The minimum absolute atomic E-state index is 0.129. The van der Waals surface area contributed by atoms with Crippen molar-refractivity contribution in [2.45, 2.75) is 38.2 Å². The molecule has 122 valence electrons. The number of benzene rings is 1. The van der Waals surface area contributed by atoms with Crippen molar-refractivity contribution in [2.75, 3.05) is 19.8 Å². The minimum atomic E-state index is -0.681. The van der Waals surface area contributed by atoms with Crippen LogP contribution in [0.2, 0.25) is 5.02 Å². The van der Waals surface area contributed by atoms with Crippen molar-refractivity contribution in [2.24, 2.45) is 5.92 Å². The number of carbonyl (C=O) groups is 1. The lowest BCUT2D eigenvalue weighted by atomic mass is 9.84. The normalized spacial score (nSPS) is 16.4. The summed E-state index contributed by atoms with van der Waals surface area (Å²) in [6, 6.07) is 7.23. The molecule has 1 aromatic carbocycles. The SMILES string of the molecule is CC(C)(C(=O)NCC(O)COCC1CC1)c1ccc(Cl)cc1. The summed E-state index contributed by atoms with van der Waals surface area (Å²) in [5.74, 6) is 0.543. The lowest BCUT2D eigenvalue weighted by Crippen LogP contribution is -2.44. The van der Waals surface area contributed by atoms with Gasteiger partial charge in [0.2, 0.25) is 5.91 Å². The Morgan fingerprint density at radius 3 is 2.64 bits per heavy atom. The van der Waals surface area contributed by atoms with Crippen LogP contribution >= 0.6 is 11.6 Å². The van der Waals surface area contributed by atoms with Gasteiger partial charge in [-0.1, -0.05) is 23.7 Å². The second-order valence-electron chi connectivity index (χ2n) is 6.48. The second kappa shape index (κ2) is 7.44. The van der Waals surface area contributed by atoms with E-state index in [2.05, 4.69) is 5.32 Å². The van der Waals surface area contributed by atoms with Gasteiger partial charge in [0.1, 0.15) is 0 Å². The van der Waals surface area contributed by atoms with Crippen LogP contribution < -0.4 is 5.32 Å². The summed E-state index contributed by atoms with van der Waals surface area (Å²) in [7, 11) is 0. The van der Waals surface area contributed by atoms with Crippen molar-refractivity contribution in [3.63, 3.8) is 0 Å². The summed E-state index contributed by atoms with van der Waals surface area (Å²) in [5, 5.41) is 13.3. The van der Waals surface area contributed by atoms with E-state index >= 15 is 0 Å². The van der Waals surface area contributed by atoms with Crippen molar-refractivity contribution in [1.29, 1.82) is 0 Å². The molecule has 1 aromatic rings. The third-order valence-corrected chi connectivity index (χ3v) is 4.24. The predicted molar refractivity (Wildman–Crippen MR) is 87.0 cm³/mol. The maximum absolute atomic E-state index is 12.4. The molecule has 0 aromatic heterocycles. The fraction of sp³-hybridized carbons (Fsp3) is 0.588. The molecular weight excluding hydrogens is 302 g/mol. The van der Waals surface area contributed by atoms with Gasteiger partial charge >= 0.3 is 0 Å². The maximum atomic E-state index is 12.4. The number of nitrogens with one attached hydrogen (secondary N) is 1. The van der Waals surface area contributed by atoms with Crippen LogP contribution in [0, 0.1) is 5.92 Å². The summed E-state index contributed by atoms with van der Waals surface area (Å²) in [6.07, 6.45) is 1.77. The predicted octanol–water partition coefficient (Wildman–Crippen LogP) is 2.52. The van der Waals surface area contributed by atoms with Crippen molar-refractivity contribution in [1.82, 2.24) is 5.32 Å². The number of rotatable bonds is 8. The van der Waals surface area contributed by atoms with E-state index in [1.165, 1.54) is 12.8 Å². The molecule has 1 atom stereocenters. The number of carbonyl (C=O) groups excluding carboxylic acids is 1. The van der Waals surface area contributed by atoms with E-state index < -0.39 is 11.5 Å². The Labute approximate surface area is 136 Å². The van der Waals surface area contributed by atoms with Gasteiger partial charge < -0.3 is 15.2 Å². The number of hydrogen-bond donors (Lipinski definition) is 2. The molecule has 1 fully saturated rings. The largest absolute Gasteiger partial charge is 0.389 e. The molecule has 22 heavy (non-hydrogen) atoms. The molecule has 0 spiro atoms. The fourth-order valence-electron chi connectivity index (χ4n) is 2.14. The summed E-state index contributed by atoms with van der Waals surface area (Å²) < 4.78 is 5.42. The molecule has 0 heterocycles. The van der Waals surface area contributed by atoms with E-state index in [-0.39, 0.29) is 19.1 Å². The zero-order valence-corrected chi connectivity index (χ0v) is 13.9. The van der Waals surface area contributed by atoms with Crippen LogP contribution in [0.1, 0.15) is 32.3 Å². The topological polar surface area (TPSA) is 58.6 Å².